The first kappa shape index (κ1) is 23.0. The summed E-state index contributed by atoms with van der Waals surface area (Å²) in [5.74, 6) is -1.77. The Morgan fingerprint density at radius 1 is 1.29 bits per heavy atom. The first-order chi connectivity index (χ1) is 13.2. The van der Waals surface area contributed by atoms with E-state index in [0.717, 1.165) is 12.8 Å². The fourth-order valence-corrected chi connectivity index (χ4v) is 2.28. The van der Waals surface area contributed by atoms with Gasteiger partial charge in [-0.3, -0.25) is 19.7 Å². The molecule has 0 aliphatic carbocycles. The number of carbonyl (C=O) groups excluding carboxylic acids is 3. The van der Waals surface area contributed by atoms with E-state index in [4.69, 9.17) is 4.74 Å². The second-order valence-electron chi connectivity index (χ2n) is 6.64. The molecule has 0 heterocycles. The molecule has 0 aliphatic heterocycles. The normalized spacial score (nSPS) is 12.0. The first-order valence-corrected chi connectivity index (χ1v) is 9.16. The van der Waals surface area contributed by atoms with Gasteiger partial charge in [0.25, 0.3) is 5.69 Å². The number of nitrogens with zero attached hydrogens (tertiary/aromatic N) is 1. The molecule has 28 heavy (non-hydrogen) atoms. The average Bonchev–Trinajstić information content (AvgIpc) is 2.64. The molecule has 8 heteroatoms. The van der Waals surface area contributed by atoms with Gasteiger partial charge in [0.1, 0.15) is 6.04 Å². The number of ether oxygens (including phenoxy) is 1. The molecule has 1 amide bonds. The molecule has 0 aliphatic rings. The van der Waals surface area contributed by atoms with Gasteiger partial charge in [-0.2, -0.15) is 0 Å². The third kappa shape index (κ3) is 8.11. The Kier molecular flexibility index (Phi) is 9.56. The number of esters is 1. The Labute approximate surface area is 164 Å². The van der Waals surface area contributed by atoms with Crippen LogP contribution in [0.4, 0.5) is 5.69 Å². The topological polar surface area (TPSA) is 116 Å². The van der Waals surface area contributed by atoms with Gasteiger partial charge in [-0.25, -0.2) is 4.79 Å². The number of rotatable bonds is 11. The van der Waals surface area contributed by atoms with E-state index in [-0.39, 0.29) is 11.6 Å². The van der Waals surface area contributed by atoms with Crippen molar-refractivity contribution in [3.8, 4) is 0 Å². The number of nitrogens with one attached hydrogen (secondary N) is 1. The number of nitro groups is 1. The van der Waals surface area contributed by atoms with Crippen LogP contribution < -0.4 is 5.32 Å². The number of nitro benzene ring substituents is 1. The molecule has 0 aromatic heterocycles. The summed E-state index contributed by atoms with van der Waals surface area (Å²) >= 11 is 0. The third-order valence-corrected chi connectivity index (χ3v) is 3.86. The van der Waals surface area contributed by atoms with Gasteiger partial charge in [-0.15, -0.1) is 0 Å². The molecule has 152 valence electrons. The Balaban J connectivity index is 2.62. The molecule has 1 N–H and O–H groups in total. The van der Waals surface area contributed by atoms with Gasteiger partial charge in [-0.1, -0.05) is 45.4 Å². The number of carbonyl (C=O) groups is 3. The van der Waals surface area contributed by atoms with E-state index in [1.807, 2.05) is 6.92 Å². The summed E-state index contributed by atoms with van der Waals surface area (Å²) in [4.78, 5) is 46.4. The van der Waals surface area contributed by atoms with Crippen LogP contribution in [-0.4, -0.2) is 35.2 Å². The van der Waals surface area contributed by atoms with Crippen LogP contribution in [0.2, 0.25) is 0 Å². The molecule has 0 bridgehead atoms. The van der Waals surface area contributed by atoms with Gasteiger partial charge >= 0.3 is 5.97 Å². The number of non-ortho nitro benzene ring substituents is 1. The first-order valence-electron chi connectivity index (χ1n) is 9.16. The Morgan fingerprint density at radius 3 is 2.61 bits per heavy atom. The second-order valence-corrected chi connectivity index (χ2v) is 6.64. The number of benzene rings is 1. The highest BCUT2D eigenvalue weighted by molar-refractivity contribution is 6.06. The number of hydrogen-bond donors (Lipinski definition) is 1. The Morgan fingerprint density at radius 2 is 2.00 bits per heavy atom. The zero-order valence-electron chi connectivity index (χ0n) is 16.3. The molecule has 1 aromatic carbocycles. The summed E-state index contributed by atoms with van der Waals surface area (Å²) < 4.78 is 5.14. The van der Waals surface area contributed by atoms with Gasteiger partial charge in [0.2, 0.25) is 5.91 Å². The standard InChI is InChI=1S/C20H26N2O6/c1-4-5-11-28-20(25)19(14(2)3)21-18(24)13-17(23)10-9-15-7-6-8-16(12-15)22(26)27/h6-10,12,14,19H,4-5,11,13H2,1-3H3,(H,21,24)/t19-/m0/s1. The van der Waals surface area contributed by atoms with E-state index >= 15 is 0 Å². The quantitative estimate of drug-likeness (QED) is 0.155. The number of amides is 1. The van der Waals surface area contributed by atoms with Gasteiger partial charge in [0, 0.05) is 12.1 Å². The van der Waals surface area contributed by atoms with Crippen molar-refractivity contribution in [1.82, 2.24) is 5.32 Å². The molecule has 0 spiro atoms. The zero-order chi connectivity index (χ0) is 21.1. The Bertz CT molecular complexity index is 742. The highest BCUT2D eigenvalue weighted by Crippen LogP contribution is 2.14. The van der Waals surface area contributed by atoms with E-state index in [1.165, 1.54) is 30.4 Å². The van der Waals surface area contributed by atoms with Crippen molar-refractivity contribution >= 4 is 29.4 Å². The van der Waals surface area contributed by atoms with Crippen LogP contribution in [0, 0.1) is 16.0 Å². The van der Waals surface area contributed by atoms with Gasteiger partial charge in [0.15, 0.2) is 5.78 Å². The van der Waals surface area contributed by atoms with Crippen molar-refractivity contribution in [2.75, 3.05) is 6.61 Å². The maximum Gasteiger partial charge on any atom is 0.328 e. The van der Waals surface area contributed by atoms with E-state index in [2.05, 4.69) is 5.32 Å². The zero-order valence-corrected chi connectivity index (χ0v) is 16.3. The van der Waals surface area contributed by atoms with Gasteiger partial charge in [-0.05, 0) is 24.0 Å². The van der Waals surface area contributed by atoms with Crippen molar-refractivity contribution in [2.24, 2.45) is 5.92 Å². The van der Waals surface area contributed by atoms with E-state index < -0.39 is 35.0 Å². The number of hydrogen-bond acceptors (Lipinski definition) is 6. The average molecular weight is 390 g/mol. The summed E-state index contributed by atoms with van der Waals surface area (Å²) in [5.41, 5.74) is 0.385. The molecule has 1 rings (SSSR count). The highest BCUT2D eigenvalue weighted by atomic mass is 16.6. The van der Waals surface area contributed by atoms with Crippen LogP contribution in [0.15, 0.2) is 30.3 Å². The number of ketones is 1. The van der Waals surface area contributed by atoms with Crippen LogP contribution in [-0.2, 0) is 19.1 Å². The molecule has 0 radical (unpaired) electrons. The lowest BCUT2D eigenvalue weighted by Crippen LogP contribution is -2.45. The molecular weight excluding hydrogens is 364 g/mol. The van der Waals surface area contributed by atoms with Crippen LogP contribution in [0.5, 0.6) is 0 Å². The summed E-state index contributed by atoms with van der Waals surface area (Å²) in [6.45, 7) is 5.81. The van der Waals surface area contributed by atoms with Crippen molar-refractivity contribution in [1.29, 1.82) is 0 Å². The SMILES string of the molecule is CCCCOC(=O)[C@@H](NC(=O)CC(=O)C=Cc1cccc([N+](=O)[O-])c1)C(C)C. The lowest BCUT2D eigenvalue weighted by molar-refractivity contribution is -0.384. The van der Waals surface area contributed by atoms with E-state index in [9.17, 15) is 24.5 Å². The summed E-state index contributed by atoms with van der Waals surface area (Å²) in [6, 6.07) is 4.96. The van der Waals surface area contributed by atoms with Gasteiger partial charge < -0.3 is 10.1 Å². The minimum Gasteiger partial charge on any atom is -0.464 e. The molecule has 0 saturated carbocycles. The van der Waals surface area contributed by atoms with Crippen molar-refractivity contribution in [3.05, 3.63) is 46.0 Å². The fourth-order valence-electron chi connectivity index (χ4n) is 2.28. The molecule has 1 atom stereocenters. The number of unbranched alkanes of at least 4 members (excludes halogenated alkanes) is 1. The minimum atomic E-state index is -0.821. The predicted molar refractivity (Wildman–Crippen MR) is 104 cm³/mol. The van der Waals surface area contributed by atoms with Crippen molar-refractivity contribution in [2.45, 2.75) is 46.1 Å². The smallest absolute Gasteiger partial charge is 0.328 e. The molecule has 1 aromatic rings. The van der Waals surface area contributed by atoms with E-state index in [1.54, 1.807) is 19.9 Å². The second kappa shape index (κ2) is 11.6. The summed E-state index contributed by atoms with van der Waals surface area (Å²) in [6.07, 6.45) is 3.78. The summed E-state index contributed by atoms with van der Waals surface area (Å²) in [7, 11) is 0. The maximum atomic E-state index is 12.1. The van der Waals surface area contributed by atoms with Crippen LogP contribution in [0.25, 0.3) is 6.08 Å². The Hall–Kier alpha value is -3.03. The van der Waals surface area contributed by atoms with Crippen LogP contribution >= 0.6 is 0 Å². The molecule has 0 saturated heterocycles. The number of allylic oxidation sites excluding steroid dienone is 1. The largest absolute Gasteiger partial charge is 0.464 e. The maximum absolute atomic E-state index is 12.1. The van der Waals surface area contributed by atoms with E-state index in [0.29, 0.717) is 12.2 Å². The predicted octanol–water partition coefficient (Wildman–Crippen LogP) is 3.05. The third-order valence-electron chi connectivity index (χ3n) is 3.86. The molecule has 0 unspecified atom stereocenters. The van der Waals surface area contributed by atoms with Crippen molar-refractivity contribution < 1.29 is 24.0 Å². The molecular formula is C20H26N2O6. The monoisotopic (exact) mass is 390 g/mol. The fraction of sp³-hybridized carbons (Fsp3) is 0.450. The van der Waals surface area contributed by atoms with Gasteiger partial charge in [0.05, 0.1) is 18.0 Å². The van der Waals surface area contributed by atoms with Crippen LogP contribution in [0.3, 0.4) is 0 Å². The molecule has 8 nitrogen and oxygen atoms in total. The van der Waals surface area contributed by atoms with Crippen molar-refractivity contribution in [3.63, 3.8) is 0 Å². The highest BCUT2D eigenvalue weighted by Gasteiger charge is 2.26. The summed E-state index contributed by atoms with van der Waals surface area (Å²) in [5, 5.41) is 13.3. The lowest BCUT2D eigenvalue weighted by atomic mass is 10.0. The van der Waals surface area contributed by atoms with Crippen LogP contribution in [0.1, 0.15) is 45.6 Å². The lowest BCUT2D eigenvalue weighted by Gasteiger charge is -2.20. The minimum absolute atomic E-state index is 0.0892. The molecule has 0 fully saturated rings.